The van der Waals surface area contributed by atoms with Crippen LogP contribution >= 0.6 is 0 Å². The Balaban J connectivity index is 1.25. The molecule has 0 spiro atoms. The molecule has 6 rings (SSSR count). The Kier molecular flexibility index (Phi) is 9.40. The van der Waals surface area contributed by atoms with Crippen LogP contribution in [-0.4, -0.2) is 72.4 Å². The van der Waals surface area contributed by atoms with E-state index in [-0.39, 0.29) is 18.1 Å². The van der Waals surface area contributed by atoms with Crippen LogP contribution in [0.2, 0.25) is 0 Å². The lowest BCUT2D eigenvalue weighted by atomic mass is 9.77. The molecule has 2 fully saturated rings. The van der Waals surface area contributed by atoms with Crippen molar-refractivity contribution in [3.05, 3.63) is 120 Å². The number of benzene rings is 4. The number of hydrogen-bond acceptors (Lipinski definition) is 9. The SMILES string of the molecule is O=C1[C@H](CC[C@H](O)c2ccc(F)cc2)[C@@H](c2ccc(-c3cccc([C@@H](O)C4OC(O)[C@H](O)[C@@H](O)[C@@H]4O)c3)cc2O)N1c1ccccc1. The zero-order chi connectivity index (χ0) is 33.4. The maximum absolute atomic E-state index is 13.5. The highest BCUT2D eigenvalue weighted by Gasteiger charge is 2.49. The largest absolute Gasteiger partial charge is 0.508 e. The molecule has 7 N–H and O–H groups in total. The molecule has 0 aromatic heterocycles. The molecule has 246 valence electrons. The summed E-state index contributed by atoms with van der Waals surface area (Å²) in [6, 6.07) is 25.8. The molecular weight excluding hydrogens is 609 g/mol. The lowest BCUT2D eigenvalue weighted by Crippen LogP contribution is -2.58. The van der Waals surface area contributed by atoms with E-state index < -0.39 is 60.7 Å². The van der Waals surface area contributed by atoms with Gasteiger partial charge in [-0.25, -0.2) is 4.39 Å². The van der Waals surface area contributed by atoms with Crippen molar-refractivity contribution < 1.29 is 49.7 Å². The second-order valence-corrected chi connectivity index (χ2v) is 12.0. The first kappa shape index (κ1) is 32.7. The summed E-state index contributed by atoms with van der Waals surface area (Å²) in [6.07, 6.45) is -10.1. The Labute approximate surface area is 270 Å². The monoisotopic (exact) mass is 645 g/mol. The van der Waals surface area contributed by atoms with Crippen LogP contribution < -0.4 is 4.90 Å². The number of rotatable bonds is 9. The molecule has 11 heteroatoms. The lowest BCUT2D eigenvalue weighted by Gasteiger charge is -2.48. The van der Waals surface area contributed by atoms with E-state index in [0.29, 0.717) is 39.9 Å². The molecule has 0 saturated carbocycles. The summed E-state index contributed by atoms with van der Waals surface area (Å²) in [6.45, 7) is 0. The van der Waals surface area contributed by atoms with E-state index in [2.05, 4.69) is 0 Å². The van der Waals surface area contributed by atoms with Crippen molar-refractivity contribution >= 4 is 11.6 Å². The lowest BCUT2D eigenvalue weighted by molar-refractivity contribution is -0.297. The van der Waals surface area contributed by atoms with Gasteiger partial charge in [-0.3, -0.25) is 4.79 Å². The first-order chi connectivity index (χ1) is 22.5. The Morgan fingerprint density at radius 3 is 2.17 bits per heavy atom. The van der Waals surface area contributed by atoms with E-state index >= 15 is 0 Å². The van der Waals surface area contributed by atoms with Gasteiger partial charge in [-0.05, 0) is 71.5 Å². The van der Waals surface area contributed by atoms with Gasteiger partial charge in [0.1, 0.15) is 42.1 Å². The number of phenols is 1. The fraction of sp³-hybridized carbons (Fsp3) is 0.306. The van der Waals surface area contributed by atoms with Crippen LogP contribution in [0.5, 0.6) is 5.75 Å². The maximum Gasteiger partial charge on any atom is 0.233 e. The normalized spacial score (nSPS) is 27.3. The predicted octanol–water partition coefficient (Wildman–Crippen LogP) is 3.25. The van der Waals surface area contributed by atoms with Crippen LogP contribution in [0.1, 0.15) is 47.8 Å². The number of aromatic hydroxyl groups is 1. The van der Waals surface area contributed by atoms with Crippen LogP contribution in [0, 0.1) is 11.7 Å². The molecule has 2 heterocycles. The molecule has 4 aromatic rings. The van der Waals surface area contributed by atoms with Crippen molar-refractivity contribution in [2.24, 2.45) is 5.92 Å². The fourth-order valence-corrected chi connectivity index (χ4v) is 6.46. The van der Waals surface area contributed by atoms with Gasteiger partial charge in [-0.15, -0.1) is 0 Å². The highest BCUT2D eigenvalue weighted by molar-refractivity contribution is 6.03. The van der Waals surface area contributed by atoms with E-state index in [1.807, 2.05) is 30.3 Å². The van der Waals surface area contributed by atoms with Gasteiger partial charge >= 0.3 is 0 Å². The first-order valence-electron chi connectivity index (χ1n) is 15.4. The van der Waals surface area contributed by atoms with Crippen LogP contribution in [0.25, 0.3) is 11.1 Å². The summed E-state index contributed by atoms with van der Waals surface area (Å²) >= 11 is 0. The van der Waals surface area contributed by atoms with E-state index in [9.17, 15) is 44.9 Å². The van der Waals surface area contributed by atoms with Gasteiger partial charge in [0.2, 0.25) is 5.91 Å². The number of para-hydroxylation sites is 1. The molecule has 0 bridgehead atoms. The summed E-state index contributed by atoms with van der Waals surface area (Å²) in [4.78, 5) is 15.1. The molecule has 10 nitrogen and oxygen atoms in total. The number of aliphatic hydroxyl groups excluding tert-OH is 6. The van der Waals surface area contributed by atoms with Gasteiger partial charge < -0.3 is 45.4 Å². The smallest absolute Gasteiger partial charge is 0.233 e. The van der Waals surface area contributed by atoms with Crippen molar-refractivity contribution in [1.29, 1.82) is 0 Å². The number of phenolic OH excluding ortho intramolecular Hbond substituents is 1. The average Bonchev–Trinajstić information content (AvgIpc) is 3.08. The zero-order valence-electron chi connectivity index (χ0n) is 25.1. The van der Waals surface area contributed by atoms with E-state index in [1.54, 1.807) is 47.4 Å². The summed E-state index contributed by atoms with van der Waals surface area (Å²) in [7, 11) is 0. The minimum atomic E-state index is -1.80. The third kappa shape index (κ3) is 6.39. The maximum atomic E-state index is 13.5. The van der Waals surface area contributed by atoms with Gasteiger partial charge in [-0.2, -0.15) is 0 Å². The van der Waals surface area contributed by atoms with Gasteiger partial charge in [0.25, 0.3) is 0 Å². The number of hydrogen-bond donors (Lipinski definition) is 7. The molecule has 2 saturated heterocycles. The average molecular weight is 646 g/mol. The van der Waals surface area contributed by atoms with Crippen molar-refractivity contribution in [3.8, 4) is 16.9 Å². The van der Waals surface area contributed by atoms with Gasteiger partial charge in [0, 0.05) is 11.3 Å². The van der Waals surface area contributed by atoms with Crippen molar-refractivity contribution in [2.45, 2.75) is 61.8 Å². The molecule has 0 aliphatic carbocycles. The number of β-lactam (4-membered cyclic amide) rings is 1. The predicted molar refractivity (Wildman–Crippen MR) is 168 cm³/mol. The quantitative estimate of drug-likeness (QED) is 0.135. The Morgan fingerprint density at radius 2 is 1.47 bits per heavy atom. The third-order valence-corrected chi connectivity index (χ3v) is 9.10. The molecular formula is C36H36FNO9. The molecule has 0 radical (unpaired) electrons. The van der Waals surface area contributed by atoms with E-state index in [0.717, 1.165) is 0 Å². The third-order valence-electron chi connectivity index (χ3n) is 9.10. The van der Waals surface area contributed by atoms with Crippen molar-refractivity contribution in [2.75, 3.05) is 4.90 Å². The minimum Gasteiger partial charge on any atom is -0.508 e. The number of ether oxygens (including phenoxy) is 1. The summed E-state index contributed by atoms with van der Waals surface area (Å²) in [5, 5.41) is 73.2. The Morgan fingerprint density at radius 1 is 0.766 bits per heavy atom. The molecule has 9 atom stereocenters. The van der Waals surface area contributed by atoms with Crippen LogP contribution in [-0.2, 0) is 9.53 Å². The van der Waals surface area contributed by atoms with E-state index in [4.69, 9.17) is 4.74 Å². The van der Waals surface area contributed by atoms with Crippen LogP contribution in [0.15, 0.2) is 97.1 Å². The molecule has 47 heavy (non-hydrogen) atoms. The number of aliphatic hydroxyl groups is 6. The van der Waals surface area contributed by atoms with Gasteiger partial charge in [0.05, 0.1) is 18.1 Å². The highest BCUT2D eigenvalue weighted by Crippen LogP contribution is 2.49. The number of carbonyl (C=O) groups is 1. The first-order valence-corrected chi connectivity index (χ1v) is 15.4. The fourth-order valence-electron chi connectivity index (χ4n) is 6.46. The van der Waals surface area contributed by atoms with Crippen molar-refractivity contribution in [1.82, 2.24) is 0 Å². The van der Waals surface area contributed by atoms with E-state index in [1.165, 1.54) is 24.3 Å². The highest BCUT2D eigenvalue weighted by atomic mass is 19.1. The molecule has 2 aliphatic heterocycles. The molecule has 2 aliphatic rings. The van der Waals surface area contributed by atoms with Gasteiger partial charge in [-0.1, -0.05) is 60.7 Å². The van der Waals surface area contributed by atoms with Crippen LogP contribution in [0.4, 0.5) is 10.1 Å². The molecule has 4 aromatic carbocycles. The second-order valence-electron chi connectivity index (χ2n) is 12.0. The number of halogens is 1. The Hall–Kier alpha value is -4.20. The topological polar surface area (TPSA) is 171 Å². The Bertz CT molecular complexity index is 1700. The number of anilines is 1. The second kappa shape index (κ2) is 13.5. The summed E-state index contributed by atoms with van der Waals surface area (Å²) < 4.78 is 18.6. The zero-order valence-corrected chi connectivity index (χ0v) is 25.1. The number of carbonyl (C=O) groups excluding carboxylic acids is 1. The summed E-state index contributed by atoms with van der Waals surface area (Å²) in [5.74, 6) is -1.16. The molecule has 2 unspecified atom stereocenters. The minimum absolute atomic E-state index is 0.0674. The van der Waals surface area contributed by atoms with Crippen LogP contribution in [0.3, 0.4) is 0 Å². The molecule has 1 amide bonds. The van der Waals surface area contributed by atoms with Crippen molar-refractivity contribution in [3.63, 3.8) is 0 Å². The standard InChI is InChI=1S/C36H36FNO9/c37-23-12-9-19(10-13-23)27(39)16-15-26-29(38(35(26)45)24-7-2-1-3-8-24)25-14-11-21(18-28(25)40)20-5-4-6-22(17-20)30(41)34-32(43)31(42)33(44)36(46)47-34/h1-14,17-18,26-27,29-34,36,39-44,46H,15-16H2/t26-,27+,29-,30-,31+,32+,33-,34?,36?/m1/s1. The summed E-state index contributed by atoms with van der Waals surface area (Å²) in [5.41, 5.74) is 3.20. The number of amides is 1. The number of nitrogens with zero attached hydrogens (tertiary/aromatic N) is 1. The van der Waals surface area contributed by atoms with Gasteiger partial charge in [0.15, 0.2) is 6.29 Å².